The van der Waals surface area contributed by atoms with Crippen LogP contribution in [0.3, 0.4) is 0 Å². The third kappa shape index (κ3) is 4.03. The number of hydrogen-bond donors (Lipinski definition) is 2. The van der Waals surface area contributed by atoms with Gasteiger partial charge in [-0.05, 0) is 23.6 Å². The fourth-order valence-electron chi connectivity index (χ4n) is 2.30. The van der Waals surface area contributed by atoms with Gasteiger partial charge in [0.05, 0.1) is 6.20 Å². The molecule has 1 heterocycles. The maximum Gasteiger partial charge on any atom is 0.244 e. The molecule has 0 aliphatic carbocycles. The normalized spacial score (nSPS) is 10.3. The molecule has 0 radical (unpaired) electrons. The first-order valence-corrected chi connectivity index (χ1v) is 7.67. The van der Waals surface area contributed by atoms with E-state index in [-0.39, 0.29) is 0 Å². The highest BCUT2D eigenvalue weighted by molar-refractivity contribution is 5.60. The maximum atomic E-state index is 4.46. The molecule has 0 atom stereocenters. The third-order valence-electron chi connectivity index (χ3n) is 3.51. The van der Waals surface area contributed by atoms with E-state index < -0.39 is 0 Å². The number of aryl methyl sites for hydroxylation is 1. The van der Waals surface area contributed by atoms with Crippen molar-refractivity contribution in [3.63, 3.8) is 0 Å². The van der Waals surface area contributed by atoms with Gasteiger partial charge in [0, 0.05) is 12.2 Å². The average molecular weight is 305 g/mol. The van der Waals surface area contributed by atoms with Crippen LogP contribution in [0.25, 0.3) is 0 Å². The van der Waals surface area contributed by atoms with E-state index in [1.807, 2.05) is 36.4 Å². The second-order valence-electron chi connectivity index (χ2n) is 5.14. The molecule has 0 bridgehead atoms. The van der Waals surface area contributed by atoms with Gasteiger partial charge in [0.15, 0.2) is 5.82 Å². The van der Waals surface area contributed by atoms with Crippen LogP contribution in [0.1, 0.15) is 18.1 Å². The summed E-state index contributed by atoms with van der Waals surface area (Å²) in [5.41, 5.74) is 3.46. The van der Waals surface area contributed by atoms with Crippen LogP contribution < -0.4 is 10.6 Å². The average Bonchev–Trinajstić information content (AvgIpc) is 2.62. The summed E-state index contributed by atoms with van der Waals surface area (Å²) in [4.78, 5) is 4.46. The Morgan fingerprint density at radius 2 is 1.74 bits per heavy atom. The Kier molecular flexibility index (Phi) is 4.79. The van der Waals surface area contributed by atoms with Gasteiger partial charge in [0.25, 0.3) is 0 Å². The standard InChI is InChI=1S/C18H19N5/c1-2-15-10-6-7-11-16(15)21-17-13-20-23-18(22-17)19-12-14-8-4-3-5-9-14/h3-11,13H,2,12H2,1H3,(H2,19,21,22,23). The van der Waals surface area contributed by atoms with Gasteiger partial charge in [0.1, 0.15) is 0 Å². The predicted molar refractivity (Wildman–Crippen MR) is 92.7 cm³/mol. The second-order valence-corrected chi connectivity index (χ2v) is 5.14. The van der Waals surface area contributed by atoms with E-state index in [1.54, 1.807) is 6.20 Å². The molecular formula is C18H19N5. The van der Waals surface area contributed by atoms with Crippen LogP contribution in [-0.4, -0.2) is 15.2 Å². The summed E-state index contributed by atoms with van der Waals surface area (Å²) in [5.74, 6) is 1.18. The Morgan fingerprint density at radius 3 is 2.57 bits per heavy atom. The zero-order valence-electron chi connectivity index (χ0n) is 13.0. The van der Waals surface area contributed by atoms with Crippen molar-refractivity contribution in [1.82, 2.24) is 15.2 Å². The van der Waals surface area contributed by atoms with E-state index in [9.17, 15) is 0 Å². The molecule has 2 aromatic carbocycles. The zero-order chi connectivity index (χ0) is 15.9. The van der Waals surface area contributed by atoms with Crippen molar-refractivity contribution in [2.45, 2.75) is 19.9 Å². The van der Waals surface area contributed by atoms with Gasteiger partial charge in [-0.2, -0.15) is 10.1 Å². The summed E-state index contributed by atoms with van der Waals surface area (Å²) in [7, 11) is 0. The Balaban J connectivity index is 1.70. The van der Waals surface area contributed by atoms with Crippen molar-refractivity contribution < 1.29 is 0 Å². The first-order valence-electron chi connectivity index (χ1n) is 7.67. The highest BCUT2D eigenvalue weighted by Gasteiger charge is 2.04. The Bertz CT molecular complexity index is 758. The molecule has 3 rings (SSSR count). The molecule has 0 aliphatic rings. The van der Waals surface area contributed by atoms with E-state index in [2.05, 4.69) is 50.9 Å². The first kappa shape index (κ1) is 15.0. The van der Waals surface area contributed by atoms with E-state index in [0.717, 1.165) is 12.1 Å². The van der Waals surface area contributed by atoms with Gasteiger partial charge >= 0.3 is 0 Å². The molecule has 2 N–H and O–H groups in total. The maximum absolute atomic E-state index is 4.46. The van der Waals surface area contributed by atoms with Crippen LogP contribution in [0, 0.1) is 0 Å². The largest absolute Gasteiger partial charge is 0.349 e. The van der Waals surface area contributed by atoms with Crippen molar-refractivity contribution in [2.24, 2.45) is 0 Å². The van der Waals surface area contributed by atoms with E-state index >= 15 is 0 Å². The fourth-order valence-corrected chi connectivity index (χ4v) is 2.30. The molecule has 0 spiro atoms. The zero-order valence-corrected chi connectivity index (χ0v) is 13.0. The number of hydrogen-bond acceptors (Lipinski definition) is 5. The number of nitrogens with one attached hydrogen (secondary N) is 2. The van der Waals surface area contributed by atoms with Gasteiger partial charge in [-0.3, -0.25) is 0 Å². The number of para-hydroxylation sites is 1. The van der Waals surface area contributed by atoms with Gasteiger partial charge in [0.2, 0.25) is 5.95 Å². The second kappa shape index (κ2) is 7.35. The molecule has 5 nitrogen and oxygen atoms in total. The minimum Gasteiger partial charge on any atom is -0.349 e. The summed E-state index contributed by atoms with van der Waals surface area (Å²) in [6.45, 7) is 2.79. The molecular weight excluding hydrogens is 286 g/mol. The topological polar surface area (TPSA) is 62.7 Å². The van der Waals surface area contributed by atoms with Crippen molar-refractivity contribution in [1.29, 1.82) is 0 Å². The molecule has 1 aromatic heterocycles. The summed E-state index contributed by atoms with van der Waals surface area (Å²) < 4.78 is 0. The lowest BCUT2D eigenvalue weighted by Gasteiger charge is -2.10. The lowest BCUT2D eigenvalue weighted by Crippen LogP contribution is -2.06. The van der Waals surface area contributed by atoms with Gasteiger partial charge in [-0.1, -0.05) is 55.5 Å². The molecule has 5 heteroatoms. The van der Waals surface area contributed by atoms with Crippen LogP contribution in [0.15, 0.2) is 60.8 Å². The summed E-state index contributed by atoms with van der Waals surface area (Å²) in [5, 5.41) is 14.5. The van der Waals surface area contributed by atoms with Gasteiger partial charge in [-0.25, -0.2) is 0 Å². The molecule has 116 valence electrons. The van der Waals surface area contributed by atoms with E-state index in [4.69, 9.17) is 0 Å². The van der Waals surface area contributed by atoms with Crippen molar-refractivity contribution >= 4 is 17.5 Å². The fraction of sp³-hybridized carbons (Fsp3) is 0.167. The molecule has 0 saturated carbocycles. The first-order chi connectivity index (χ1) is 11.3. The van der Waals surface area contributed by atoms with Crippen LogP contribution in [0.4, 0.5) is 17.5 Å². The Labute approximate surface area is 135 Å². The summed E-state index contributed by atoms with van der Waals surface area (Å²) >= 11 is 0. The lowest BCUT2D eigenvalue weighted by molar-refractivity contribution is 0.948. The monoisotopic (exact) mass is 305 g/mol. The molecule has 0 saturated heterocycles. The van der Waals surface area contributed by atoms with Crippen molar-refractivity contribution in [3.05, 3.63) is 71.9 Å². The Morgan fingerprint density at radius 1 is 0.957 bits per heavy atom. The number of benzene rings is 2. The minimum absolute atomic E-state index is 0.507. The smallest absolute Gasteiger partial charge is 0.244 e. The van der Waals surface area contributed by atoms with Crippen LogP contribution >= 0.6 is 0 Å². The minimum atomic E-state index is 0.507. The number of rotatable bonds is 6. The van der Waals surface area contributed by atoms with Crippen LogP contribution in [0.2, 0.25) is 0 Å². The summed E-state index contributed by atoms with van der Waals surface area (Å²) in [6.07, 6.45) is 2.58. The predicted octanol–water partition coefficient (Wildman–Crippen LogP) is 3.79. The van der Waals surface area contributed by atoms with Crippen molar-refractivity contribution in [2.75, 3.05) is 10.6 Å². The number of aromatic nitrogens is 3. The quantitative estimate of drug-likeness (QED) is 0.725. The van der Waals surface area contributed by atoms with Gasteiger partial charge < -0.3 is 10.6 Å². The number of nitrogens with zero attached hydrogens (tertiary/aromatic N) is 3. The Hall–Kier alpha value is -2.95. The van der Waals surface area contributed by atoms with Crippen LogP contribution in [-0.2, 0) is 13.0 Å². The molecule has 0 aliphatic heterocycles. The highest BCUT2D eigenvalue weighted by atomic mass is 15.3. The van der Waals surface area contributed by atoms with Gasteiger partial charge in [-0.15, -0.1) is 5.10 Å². The molecule has 0 fully saturated rings. The summed E-state index contributed by atoms with van der Waals surface area (Å²) in [6, 6.07) is 18.3. The van der Waals surface area contributed by atoms with Crippen LogP contribution in [0.5, 0.6) is 0 Å². The van der Waals surface area contributed by atoms with E-state index in [0.29, 0.717) is 18.3 Å². The molecule has 0 unspecified atom stereocenters. The molecule has 23 heavy (non-hydrogen) atoms. The lowest BCUT2D eigenvalue weighted by atomic mass is 10.1. The van der Waals surface area contributed by atoms with Crippen molar-refractivity contribution in [3.8, 4) is 0 Å². The molecule has 0 amide bonds. The number of anilines is 3. The molecule has 3 aromatic rings. The third-order valence-corrected chi connectivity index (χ3v) is 3.51. The SMILES string of the molecule is CCc1ccccc1Nc1cnnc(NCc2ccccc2)n1. The van der Waals surface area contributed by atoms with E-state index in [1.165, 1.54) is 11.1 Å². The highest BCUT2D eigenvalue weighted by Crippen LogP contribution is 2.19.